The highest BCUT2D eigenvalue weighted by molar-refractivity contribution is 7.99. The minimum atomic E-state index is 0.319. The fourth-order valence-corrected chi connectivity index (χ4v) is 0.779. The quantitative estimate of drug-likeness (QED) is 0.491. The van der Waals surface area contributed by atoms with E-state index in [1.54, 1.807) is 11.8 Å². The summed E-state index contributed by atoms with van der Waals surface area (Å²) >= 11 is 1.67. The molecule has 7 heavy (non-hydrogen) atoms. The van der Waals surface area contributed by atoms with E-state index in [9.17, 15) is 0 Å². The molecule has 0 N–H and O–H groups in total. The number of thioether (sulfide) groups is 1. The summed E-state index contributed by atoms with van der Waals surface area (Å²) in [5.74, 6) is 2.41. The Morgan fingerprint density at radius 3 is 2.43 bits per heavy atom. The van der Waals surface area contributed by atoms with Gasteiger partial charge in [0.2, 0.25) is 0 Å². The van der Waals surface area contributed by atoms with Gasteiger partial charge in [-0.05, 0) is 19.1 Å². The van der Waals surface area contributed by atoms with Crippen LogP contribution in [0.5, 0.6) is 0 Å². The molecule has 39 valence electrons. The van der Waals surface area contributed by atoms with Crippen molar-refractivity contribution >= 4 is 11.8 Å². The maximum Gasteiger partial charge on any atom is 0.0661 e. The van der Waals surface area contributed by atoms with E-state index in [1.165, 1.54) is 0 Å². The van der Waals surface area contributed by atoms with Crippen molar-refractivity contribution < 1.29 is 0 Å². The van der Waals surface area contributed by atoms with Crippen molar-refractivity contribution in [3.63, 3.8) is 0 Å². The van der Waals surface area contributed by atoms with E-state index in [2.05, 4.69) is 12.8 Å². The van der Waals surface area contributed by atoms with Gasteiger partial charge >= 0.3 is 0 Å². The molecule has 0 saturated carbocycles. The summed E-state index contributed by atoms with van der Waals surface area (Å²) in [5.41, 5.74) is 0. The molecular weight excluding hydrogens is 104 g/mol. The van der Waals surface area contributed by atoms with Gasteiger partial charge in [-0.15, -0.1) is 11.8 Å². The van der Waals surface area contributed by atoms with Crippen molar-refractivity contribution in [2.75, 3.05) is 6.26 Å². The fraction of sp³-hybridized carbons (Fsp3) is 0.667. The lowest BCUT2D eigenvalue weighted by molar-refractivity contribution is 1.00. The zero-order chi connectivity index (χ0) is 5.70. The third-order valence-electron chi connectivity index (χ3n) is 0.816. The molecule has 0 amide bonds. The lowest BCUT2D eigenvalue weighted by Crippen LogP contribution is -1.92. The molecule has 1 atom stereocenters. The minimum Gasteiger partial charge on any atom is -0.149 e. The van der Waals surface area contributed by atoms with Gasteiger partial charge in [0, 0.05) is 0 Å². The lowest BCUT2D eigenvalue weighted by atomic mass is 10.3. The van der Waals surface area contributed by atoms with Gasteiger partial charge in [0.25, 0.3) is 0 Å². The summed E-state index contributed by atoms with van der Waals surface area (Å²) in [4.78, 5) is 0. The van der Waals surface area contributed by atoms with Crippen LogP contribution in [0.25, 0.3) is 0 Å². The van der Waals surface area contributed by atoms with Crippen molar-refractivity contribution in [1.29, 1.82) is 0 Å². The average molecular weight is 113 g/mol. The summed E-state index contributed by atoms with van der Waals surface area (Å²) in [5, 5.41) is 0.319. The maximum atomic E-state index is 6.69. The van der Waals surface area contributed by atoms with E-state index in [4.69, 9.17) is 6.42 Å². The van der Waals surface area contributed by atoms with E-state index >= 15 is 0 Å². The Bertz CT molecular complexity index is 66.7. The third-order valence-corrected chi connectivity index (χ3v) is 1.84. The first-order chi connectivity index (χ1) is 3.35. The van der Waals surface area contributed by atoms with Crippen LogP contribution in [0, 0.1) is 12.3 Å². The van der Waals surface area contributed by atoms with Gasteiger partial charge in [-0.2, -0.15) is 0 Å². The highest BCUT2D eigenvalue weighted by atomic mass is 32.2. The number of hydrogen-bond acceptors (Lipinski definition) is 1. The molecule has 0 aliphatic heterocycles. The summed E-state index contributed by atoms with van der Waals surface area (Å²) < 4.78 is 0. The zero-order valence-electron chi connectivity index (χ0n) is 4.69. The van der Waals surface area contributed by atoms with E-state index in [0.29, 0.717) is 5.25 Å². The first kappa shape index (κ1) is 6.91. The highest BCUT2D eigenvalue weighted by Crippen LogP contribution is 2.07. The van der Waals surface area contributed by atoms with Crippen molar-refractivity contribution in [3.05, 3.63) is 6.42 Å². The molecule has 0 aromatic carbocycles. The van der Waals surface area contributed by atoms with Gasteiger partial charge in [0.15, 0.2) is 0 Å². The fourth-order valence-electron chi connectivity index (χ4n) is 0.328. The van der Waals surface area contributed by atoms with E-state index in [-0.39, 0.29) is 0 Å². The van der Waals surface area contributed by atoms with Crippen LogP contribution < -0.4 is 0 Å². The predicted octanol–water partition coefficient (Wildman–Crippen LogP) is 1.72. The molecule has 0 aromatic heterocycles. The molecule has 0 aliphatic rings. The van der Waals surface area contributed by atoms with Gasteiger partial charge in [-0.25, -0.2) is 0 Å². The summed E-state index contributed by atoms with van der Waals surface area (Å²) in [7, 11) is 0. The Hall–Kier alpha value is -0.0900. The predicted molar refractivity (Wildman–Crippen MR) is 34.7 cm³/mol. The van der Waals surface area contributed by atoms with Crippen LogP contribution in [0.15, 0.2) is 0 Å². The minimum absolute atomic E-state index is 0.319. The van der Waals surface area contributed by atoms with Crippen LogP contribution in [-0.2, 0) is 0 Å². The van der Waals surface area contributed by atoms with Crippen LogP contribution in [0.2, 0.25) is 0 Å². The molecule has 0 fully saturated rings. The number of hydrogen-bond donors (Lipinski definition) is 0. The second-order valence-corrected chi connectivity index (χ2v) is 2.32. The van der Waals surface area contributed by atoms with Crippen molar-refractivity contribution in [3.8, 4) is 5.92 Å². The molecular formula is C6H9S. The summed E-state index contributed by atoms with van der Waals surface area (Å²) in [6.07, 6.45) is 9.70. The average Bonchev–Trinajstić information content (AvgIpc) is 1.72. The van der Waals surface area contributed by atoms with Crippen molar-refractivity contribution in [2.24, 2.45) is 0 Å². The van der Waals surface area contributed by atoms with Gasteiger partial charge in [0.1, 0.15) is 0 Å². The summed E-state index contributed by atoms with van der Waals surface area (Å²) in [6.45, 7) is 2.06. The molecule has 0 aromatic rings. The maximum absolute atomic E-state index is 6.69. The molecule has 0 bridgehead atoms. The second kappa shape index (κ2) is 4.08. The molecule has 0 aliphatic carbocycles. The Labute approximate surface area is 49.7 Å². The van der Waals surface area contributed by atoms with E-state index in [0.717, 1.165) is 6.42 Å². The monoisotopic (exact) mass is 113 g/mol. The summed E-state index contributed by atoms with van der Waals surface area (Å²) in [6, 6.07) is 0. The second-order valence-electron chi connectivity index (χ2n) is 1.28. The Kier molecular flexibility index (Phi) is 4.03. The van der Waals surface area contributed by atoms with Crippen molar-refractivity contribution in [2.45, 2.75) is 18.6 Å². The van der Waals surface area contributed by atoms with Crippen LogP contribution in [0.3, 0.4) is 0 Å². The van der Waals surface area contributed by atoms with Gasteiger partial charge in [-0.3, -0.25) is 0 Å². The highest BCUT2D eigenvalue weighted by Gasteiger charge is 1.93. The molecule has 0 heterocycles. The zero-order valence-corrected chi connectivity index (χ0v) is 5.51. The first-order valence-corrected chi connectivity index (χ1v) is 3.59. The van der Waals surface area contributed by atoms with Crippen LogP contribution in [0.4, 0.5) is 0 Å². The molecule has 0 nitrogen and oxygen atoms in total. The smallest absolute Gasteiger partial charge is 0.0661 e. The first-order valence-electron chi connectivity index (χ1n) is 2.30. The normalized spacial score (nSPS) is 12.7. The van der Waals surface area contributed by atoms with Crippen LogP contribution in [-0.4, -0.2) is 11.5 Å². The number of rotatable bonds is 2. The largest absolute Gasteiger partial charge is 0.149 e. The topological polar surface area (TPSA) is 0 Å². The standard InChI is InChI=1S/C6H9S/c1-4-6(5-2)7-3/h6H,4H2,1,3H3. The molecule has 0 rings (SSSR count). The molecule has 0 saturated heterocycles. The third kappa shape index (κ3) is 2.59. The Morgan fingerprint density at radius 1 is 1.86 bits per heavy atom. The molecule has 1 radical (unpaired) electrons. The SMILES string of the molecule is [C]#CC(CC)SC. The van der Waals surface area contributed by atoms with E-state index in [1.807, 2.05) is 6.26 Å². The Balaban J connectivity index is 3.23. The van der Waals surface area contributed by atoms with Crippen LogP contribution >= 0.6 is 11.8 Å². The van der Waals surface area contributed by atoms with Crippen molar-refractivity contribution in [1.82, 2.24) is 0 Å². The van der Waals surface area contributed by atoms with Gasteiger partial charge in [0.05, 0.1) is 5.25 Å². The lowest BCUT2D eigenvalue weighted by Gasteiger charge is -1.97. The Morgan fingerprint density at radius 2 is 2.43 bits per heavy atom. The molecule has 1 unspecified atom stereocenters. The van der Waals surface area contributed by atoms with Gasteiger partial charge in [-0.1, -0.05) is 12.8 Å². The van der Waals surface area contributed by atoms with Crippen LogP contribution in [0.1, 0.15) is 13.3 Å². The van der Waals surface area contributed by atoms with Gasteiger partial charge < -0.3 is 0 Å². The molecule has 1 heteroatoms. The molecule has 0 spiro atoms. The van der Waals surface area contributed by atoms with E-state index < -0.39 is 0 Å².